The summed E-state index contributed by atoms with van der Waals surface area (Å²) in [6.07, 6.45) is 0. The summed E-state index contributed by atoms with van der Waals surface area (Å²) in [5, 5.41) is 0. The Morgan fingerprint density at radius 3 is 1.94 bits per heavy atom. The molecule has 0 aliphatic rings. The second kappa shape index (κ2) is 4.91. The van der Waals surface area contributed by atoms with Gasteiger partial charge in [0.15, 0.2) is 0 Å². The largest absolute Gasteiger partial charge is 0.496 e. The second-order valence-corrected chi connectivity index (χ2v) is 3.91. The molecule has 2 aromatic carbocycles. The van der Waals surface area contributed by atoms with Crippen LogP contribution in [0.2, 0.25) is 0 Å². The molecule has 2 nitrogen and oxygen atoms in total. The van der Waals surface area contributed by atoms with Crippen LogP contribution in [0.4, 0.5) is 0 Å². The number of ether oxygens (including phenoxy) is 2. The van der Waals surface area contributed by atoms with E-state index in [9.17, 15) is 0 Å². The Morgan fingerprint density at radius 2 is 1.41 bits per heavy atom. The average molecular weight is 228 g/mol. The summed E-state index contributed by atoms with van der Waals surface area (Å²) in [6.45, 7) is 2.07. The van der Waals surface area contributed by atoms with Gasteiger partial charge in [0.25, 0.3) is 0 Å². The summed E-state index contributed by atoms with van der Waals surface area (Å²) < 4.78 is 10.8. The zero-order chi connectivity index (χ0) is 12.3. The van der Waals surface area contributed by atoms with Crippen LogP contribution in [-0.2, 0) is 0 Å². The fourth-order valence-electron chi connectivity index (χ4n) is 1.94. The van der Waals surface area contributed by atoms with Crippen molar-refractivity contribution in [2.24, 2.45) is 0 Å². The Hall–Kier alpha value is -1.96. The van der Waals surface area contributed by atoms with Crippen molar-refractivity contribution in [3.63, 3.8) is 0 Å². The highest BCUT2D eigenvalue weighted by molar-refractivity contribution is 5.77. The normalized spacial score (nSPS) is 10.1. The van der Waals surface area contributed by atoms with E-state index in [1.54, 1.807) is 14.2 Å². The van der Waals surface area contributed by atoms with Gasteiger partial charge >= 0.3 is 0 Å². The van der Waals surface area contributed by atoms with E-state index in [0.29, 0.717) is 0 Å². The summed E-state index contributed by atoms with van der Waals surface area (Å²) in [6, 6.07) is 14.1. The van der Waals surface area contributed by atoms with E-state index >= 15 is 0 Å². The van der Waals surface area contributed by atoms with Crippen molar-refractivity contribution in [1.29, 1.82) is 0 Å². The predicted octanol–water partition coefficient (Wildman–Crippen LogP) is 3.68. The van der Waals surface area contributed by atoms with Crippen LogP contribution in [0.1, 0.15) is 5.56 Å². The molecule has 0 aromatic heterocycles. The monoisotopic (exact) mass is 228 g/mol. The van der Waals surface area contributed by atoms with Crippen LogP contribution in [0.3, 0.4) is 0 Å². The molecular formula is C15H16O2. The number of rotatable bonds is 3. The molecule has 0 fully saturated rings. The summed E-state index contributed by atoms with van der Waals surface area (Å²) >= 11 is 0. The van der Waals surface area contributed by atoms with Crippen molar-refractivity contribution in [3.05, 3.63) is 48.0 Å². The van der Waals surface area contributed by atoms with E-state index in [1.165, 1.54) is 5.56 Å². The summed E-state index contributed by atoms with van der Waals surface area (Å²) in [7, 11) is 3.35. The zero-order valence-corrected chi connectivity index (χ0v) is 10.4. The van der Waals surface area contributed by atoms with Crippen molar-refractivity contribution in [3.8, 4) is 22.6 Å². The highest BCUT2D eigenvalue weighted by Gasteiger charge is 2.11. The van der Waals surface area contributed by atoms with Crippen LogP contribution < -0.4 is 9.47 Å². The molecule has 2 rings (SSSR count). The third-order valence-electron chi connectivity index (χ3n) is 2.73. The minimum atomic E-state index is 0.829. The summed E-state index contributed by atoms with van der Waals surface area (Å²) in [4.78, 5) is 0. The lowest BCUT2D eigenvalue weighted by Gasteiger charge is -2.13. The van der Waals surface area contributed by atoms with E-state index in [2.05, 4.69) is 25.1 Å². The van der Waals surface area contributed by atoms with Crippen LogP contribution in [0, 0.1) is 6.92 Å². The van der Waals surface area contributed by atoms with Crippen molar-refractivity contribution < 1.29 is 9.47 Å². The maximum Gasteiger partial charge on any atom is 0.130 e. The van der Waals surface area contributed by atoms with E-state index in [1.807, 2.05) is 24.3 Å². The van der Waals surface area contributed by atoms with Crippen LogP contribution in [0.15, 0.2) is 42.5 Å². The lowest BCUT2D eigenvalue weighted by Crippen LogP contribution is -1.93. The van der Waals surface area contributed by atoms with Crippen LogP contribution >= 0.6 is 0 Å². The van der Waals surface area contributed by atoms with Crippen LogP contribution in [0.25, 0.3) is 11.1 Å². The number of methoxy groups -OCH3 is 2. The lowest BCUT2D eigenvalue weighted by atomic mass is 10.0. The molecule has 0 atom stereocenters. The smallest absolute Gasteiger partial charge is 0.130 e. The van der Waals surface area contributed by atoms with E-state index in [4.69, 9.17) is 9.47 Å². The number of aryl methyl sites for hydroxylation is 1. The first kappa shape index (κ1) is 11.5. The molecular weight excluding hydrogens is 212 g/mol. The van der Waals surface area contributed by atoms with Crippen molar-refractivity contribution >= 4 is 0 Å². The molecule has 0 N–H and O–H groups in total. The minimum absolute atomic E-state index is 0.829. The number of benzene rings is 2. The molecule has 0 unspecified atom stereocenters. The van der Waals surface area contributed by atoms with Gasteiger partial charge in [0.2, 0.25) is 0 Å². The second-order valence-electron chi connectivity index (χ2n) is 3.91. The van der Waals surface area contributed by atoms with Crippen LogP contribution in [0.5, 0.6) is 11.5 Å². The number of hydrogen-bond donors (Lipinski definition) is 0. The van der Waals surface area contributed by atoms with Gasteiger partial charge in [-0.25, -0.2) is 0 Å². The fraction of sp³-hybridized carbons (Fsp3) is 0.200. The Labute approximate surface area is 102 Å². The Morgan fingerprint density at radius 1 is 0.824 bits per heavy atom. The zero-order valence-electron chi connectivity index (χ0n) is 10.4. The fourth-order valence-corrected chi connectivity index (χ4v) is 1.94. The lowest BCUT2D eigenvalue weighted by molar-refractivity contribution is 0.397. The predicted molar refractivity (Wildman–Crippen MR) is 69.7 cm³/mol. The highest BCUT2D eigenvalue weighted by atomic mass is 16.5. The first-order chi connectivity index (χ1) is 8.26. The Balaban J connectivity index is 2.64. The molecule has 0 aliphatic heterocycles. The molecule has 0 radical (unpaired) electrons. The molecule has 2 aromatic rings. The first-order valence-corrected chi connectivity index (χ1v) is 5.54. The van der Waals surface area contributed by atoms with Gasteiger partial charge in [-0.1, -0.05) is 35.9 Å². The molecule has 0 amide bonds. The van der Waals surface area contributed by atoms with Gasteiger partial charge in [-0.2, -0.15) is 0 Å². The van der Waals surface area contributed by atoms with Crippen molar-refractivity contribution in [2.45, 2.75) is 6.92 Å². The van der Waals surface area contributed by atoms with Crippen LogP contribution in [-0.4, -0.2) is 14.2 Å². The maximum absolute atomic E-state index is 5.40. The van der Waals surface area contributed by atoms with E-state index < -0.39 is 0 Å². The SMILES string of the molecule is COc1cccc(OC)c1-c1cccc(C)c1. The molecule has 0 heterocycles. The standard InChI is InChI=1S/C15H16O2/c1-11-6-4-7-12(10-11)15-13(16-2)8-5-9-14(15)17-3/h4-10H,1-3H3. The van der Waals surface area contributed by atoms with Crippen molar-refractivity contribution in [1.82, 2.24) is 0 Å². The Bertz CT molecular complexity index is 496. The summed E-state index contributed by atoms with van der Waals surface area (Å²) in [5.74, 6) is 1.66. The molecule has 88 valence electrons. The molecule has 0 spiro atoms. The topological polar surface area (TPSA) is 18.5 Å². The maximum atomic E-state index is 5.40. The average Bonchev–Trinajstić information content (AvgIpc) is 2.37. The molecule has 0 saturated carbocycles. The molecule has 0 saturated heterocycles. The van der Waals surface area contributed by atoms with Gasteiger partial charge in [-0.05, 0) is 24.6 Å². The van der Waals surface area contributed by atoms with Gasteiger partial charge in [0.05, 0.1) is 19.8 Å². The van der Waals surface area contributed by atoms with Gasteiger partial charge in [0.1, 0.15) is 11.5 Å². The quantitative estimate of drug-likeness (QED) is 0.797. The number of hydrogen-bond acceptors (Lipinski definition) is 2. The van der Waals surface area contributed by atoms with E-state index in [-0.39, 0.29) is 0 Å². The molecule has 0 bridgehead atoms. The van der Waals surface area contributed by atoms with Gasteiger partial charge < -0.3 is 9.47 Å². The van der Waals surface area contributed by atoms with Crippen molar-refractivity contribution in [2.75, 3.05) is 14.2 Å². The van der Waals surface area contributed by atoms with E-state index in [0.717, 1.165) is 22.6 Å². The molecule has 0 aliphatic carbocycles. The Kier molecular flexibility index (Phi) is 3.33. The summed E-state index contributed by atoms with van der Waals surface area (Å²) in [5.41, 5.74) is 3.33. The van der Waals surface area contributed by atoms with Gasteiger partial charge in [-0.3, -0.25) is 0 Å². The third kappa shape index (κ3) is 2.26. The molecule has 17 heavy (non-hydrogen) atoms. The third-order valence-corrected chi connectivity index (χ3v) is 2.73. The highest BCUT2D eigenvalue weighted by Crippen LogP contribution is 2.38. The minimum Gasteiger partial charge on any atom is -0.496 e. The first-order valence-electron chi connectivity index (χ1n) is 5.54. The van der Waals surface area contributed by atoms with Gasteiger partial charge in [0, 0.05) is 0 Å². The van der Waals surface area contributed by atoms with Gasteiger partial charge in [-0.15, -0.1) is 0 Å². The molecule has 2 heteroatoms.